The first-order valence-electron chi connectivity index (χ1n) is 7.56. The molecule has 22 heavy (non-hydrogen) atoms. The highest BCUT2D eigenvalue weighted by Gasteiger charge is 2.41. The Morgan fingerprint density at radius 1 is 1.09 bits per heavy atom. The fraction of sp³-hybridized carbons (Fsp3) is 0.857. The number of nitrogens with one attached hydrogen (secondary N) is 1. The molecule has 1 atom stereocenters. The largest absolute Gasteiger partial charge is 0.490 e. The molecule has 1 amide bonds. The number of hydrogen-bond acceptors (Lipinski definition) is 4. The summed E-state index contributed by atoms with van der Waals surface area (Å²) in [6.45, 7) is 1.76. The average molecular weight is 326 g/mol. The molecule has 0 aromatic rings. The van der Waals surface area contributed by atoms with Gasteiger partial charge in [0, 0.05) is 6.54 Å². The van der Waals surface area contributed by atoms with Gasteiger partial charge >= 0.3 is 12.1 Å². The Hall–Kier alpha value is -1.31. The molecule has 130 valence electrons. The molecule has 0 rings (SSSR count). The maximum atomic E-state index is 11.9. The number of carbonyl (C=O) groups excluding carboxylic acids is 2. The molecule has 0 aliphatic heterocycles. The second-order valence-corrected chi connectivity index (χ2v) is 5.12. The third kappa shape index (κ3) is 10.4. The second kappa shape index (κ2) is 11.3. The number of rotatable bonds is 11. The fourth-order valence-corrected chi connectivity index (χ4v) is 1.75. The minimum Gasteiger partial charge on any atom is -0.457 e. The Bertz CT molecular complexity index is 336. The monoisotopic (exact) mass is 326 g/mol. The minimum absolute atomic E-state index is 0.410. The van der Waals surface area contributed by atoms with Crippen LogP contribution >= 0.6 is 0 Å². The summed E-state index contributed by atoms with van der Waals surface area (Å²) in [6, 6.07) is -1.30. The summed E-state index contributed by atoms with van der Waals surface area (Å²) in [4.78, 5) is 21.9. The SMILES string of the molecule is CCCCCCCCCNC(=O)C(N)COC(=O)C(F)(F)F. The third-order valence-corrected chi connectivity index (χ3v) is 3.04. The number of ether oxygens (including phenoxy) is 1. The van der Waals surface area contributed by atoms with E-state index in [0.717, 1.165) is 25.7 Å². The van der Waals surface area contributed by atoms with E-state index in [1.54, 1.807) is 0 Å². The van der Waals surface area contributed by atoms with E-state index >= 15 is 0 Å². The number of hydrogen-bond donors (Lipinski definition) is 2. The van der Waals surface area contributed by atoms with Gasteiger partial charge in [-0.1, -0.05) is 45.4 Å². The summed E-state index contributed by atoms with van der Waals surface area (Å²) >= 11 is 0. The lowest BCUT2D eigenvalue weighted by Crippen LogP contribution is -2.45. The molecule has 0 saturated carbocycles. The second-order valence-electron chi connectivity index (χ2n) is 5.12. The number of carbonyl (C=O) groups is 2. The summed E-state index contributed by atoms with van der Waals surface area (Å²) < 4.78 is 39.6. The van der Waals surface area contributed by atoms with E-state index in [4.69, 9.17) is 5.73 Å². The van der Waals surface area contributed by atoms with Crippen molar-refractivity contribution < 1.29 is 27.5 Å². The van der Waals surface area contributed by atoms with Gasteiger partial charge in [-0.3, -0.25) is 4.79 Å². The van der Waals surface area contributed by atoms with Crippen LogP contribution < -0.4 is 11.1 Å². The number of amides is 1. The van der Waals surface area contributed by atoms with Gasteiger partial charge in [0.05, 0.1) is 0 Å². The molecule has 0 aromatic heterocycles. The maximum absolute atomic E-state index is 11.9. The minimum atomic E-state index is -5.08. The standard InChI is InChI=1S/C14H25F3N2O3/c1-2-3-4-5-6-7-8-9-19-12(20)11(18)10-22-13(21)14(15,16)17/h11H,2-10,18H2,1H3,(H,19,20). The van der Waals surface area contributed by atoms with E-state index in [0.29, 0.717) is 6.54 Å². The van der Waals surface area contributed by atoms with Crippen LogP contribution in [0.5, 0.6) is 0 Å². The molecule has 0 fully saturated rings. The molecule has 1 unspecified atom stereocenters. The van der Waals surface area contributed by atoms with Gasteiger partial charge in [-0.05, 0) is 6.42 Å². The molecule has 3 N–H and O–H groups in total. The zero-order valence-electron chi connectivity index (χ0n) is 12.9. The Labute approximate surface area is 128 Å². The summed E-state index contributed by atoms with van der Waals surface area (Å²) in [5, 5.41) is 2.51. The van der Waals surface area contributed by atoms with Crippen LogP contribution in [0.4, 0.5) is 13.2 Å². The zero-order chi connectivity index (χ0) is 17.0. The smallest absolute Gasteiger partial charge is 0.457 e. The molecule has 0 aliphatic carbocycles. The van der Waals surface area contributed by atoms with Crippen LogP contribution in [0.25, 0.3) is 0 Å². The van der Waals surface area contributed by atoms with Gasteiger partial charge in [0.1, 0.15) is 12.6 Å². The normalized spacial score (nSPS) is 12.8. The van der Waals surface area contributed by atoms with Crippen LogP contribution in [0.3, 0.4) is 0 Å². The van der Waals surface area contributed by atoms with E-state index in [1.165, 1.54) is 19.3 Å². The highest BCUT2D eigenvalue weighted by Crippen LogP contribution is 2.16. The van der Waals surface area contributed by atoms with Crippen molar-refractivity contribution in [2.45, 2.75) is 64.1 Å². The van der Waals surface area contributed by atoms with Gasteiger partial charge in [0.15, 0.2) is 0 Å². The number of unbranched alkanes of at least 4 members (excludes halogenated alkanes) is 6. The Kier molecular flexibility index (Phi) is 10.6. The molecule has 0 heterocycles. The Balaban J connectivity index is 3.64. The molecular weight excluding hydrogens is 301 g/mol. The van der Waals surface area contributed by atoms with E-state index in [2.05, 4.69) is 17.0 Å². The van der Waals surface area contributed by atoms with E-state index in [-0.39, 0.29) is 0 Å². The van der Waals surface area contributed by atoms with Gasteiger partial charge in [0.25, 0.3) is 0 Å². The van der Waals surface area contributed by atoms with Crippen LogP contribution in [0, 0.1) is 0 Å². The molecule has 0 bridgehead atoms. The summed E-state index contributed by atoms with van der Waals surface area (Å²) in [5.41, 5.74) is 5.35. The van der Waals surface area contributed by atoms with Gasteiger partial charge in [-0.15, -0.1) is 0 Å². The van der Waals surface area contributed by atoms with Crippen molar-refractivity contribution in [3.8, 4) is 0 Å². The number of nitrogens with two attached hydrogens (primary N) is 1. The van der Waals surface area contributed by atoms with Crippen molar-refractivity contribution in [1.29, 1.82) is 0 Å². The van der Waals surface area contributed by atoms with Crippen molar-refractivity contribution in [2.75, 3.05) is 13.2 Å². The van der Waals surface area contributed by atoms with E-state index in [1.807, 2.05) is 0 Å². The predicted octanol–water partition coefficient (Wildman–Crippen LogP) is 2.29. The molecule has 8 heteroatoms. The van der Waals surface area contributed by atoms with Crippen molar-refractivity contribution >= 4 is 11.9 Å². The van der Waals surface area contributed by atoms with Gasteiger partial charge in [-0.25, -0.2) is 4.79 Å². The predicted molar refractivity (Wildman–Crippen MR) is 76.0 cm³/mol. The molecule has 5 nitrogen and oxygen atoms in total. The molecular formula is C14H25F3N2O3. The quantitative estimate of drug-likeness (QED) is 0.451. The van der Waals surface area contributed by atoms with Gasteiger partial charge < -0.3 is 15.8 Å². The first-order valence-corrected chi connectivity index (χ1v) is 7.56. The van der Waals surface area contributed by atoms with Crippen molar-refractivity contribution in [3.05, 3.63) is 0 Å². The van der Waals surface area contributed by atoms with Crippen LogP contribution in [-0.4, -0.2) is 37.2 Å². The number of esters is 1. The Morgan fingerprint density at radius 3 is 2.18 bits per heavy atom. The van der Waals surface area contributed by atoms with Crippen LogP contribution in [0.2, 0.25) is 0 Å². The molecule has 0 aromatic carbocycles. The lowest BCUT2D eigenvalue weighted by atomic mass is 10.1. The van der Waals surface area contributed by atoms with Crippen molar-refractivity contribution in [3.63, 3.8) is 0 Å². The average Bonchev–Trinajstić information content (AvgIpc) is 2.45. The summed E-state index contributed by atoms with van der Waals surface area (Å²) in [5.74, 6) is -2.97. The first kappa shape index (κ1) is 20.7. The lowest BCUT2D eigenvalue weighted by molar-refractivity contribution is -0.200. The summed E-state index contributed by atoms with van der Waals surface area (Å²) in [6.07, 6.45) is 2.55. The van der Waals surface area contributed by atoms with E-state index < -0.39 is 30.7 Å². The summed E-state index contributed by atoms with van der Waals surface area (Å²) in [7, 11) is 0. The first-order chi connectivity index (χ1) is 10.3. The van der Waals surface area contributed by atoms with Crippen LogP contribution in [0.15, 0.2) is 0 Å². The third-order valence-electron chi connectivity index (χ3n) is 3.04. The highest BCUT2D eigenvalue weighted by molar-refractivity contribution is 5.82. The highest BCUT2D eigenvalue weighted by atomic mass is 19.4. The molecule has 0 aliphatic rings. The van der Waals surface area contributed by atoms with Gasteiger partial charge in [-0.2, -0.15) is 13.2 Å². The fourth-order valence-electron chi connectivity index (χ4n) is 1.75. The lowest BCUT2D eigenvalue weighted by Gasteiger charge is -2.13. The molecule has 0 radical (unpaired) electrons. The topological polar surface area (TPSA) is 81.4 Å². The van der Waals surface area contributed by atoms with Crippen molar-refractivity contribution in [2.24, 2.45) is 5.73 Å². The Morgan fingerprint density at radius 2 is 1.64 bits per heavy atom. The number of alkyl halides is 3. The molecule has 0 saturated heterocycles. The van der Waals surface area contributed by atoms with Crippen molar-refractivity contribution in [1.82, 2.24) is 5.32 Å². The van der Waals surface area contributed by atoms with E-state index in [9.17, 15) is 22.8 Å². The maximum Gasteiger partial charge on any atom is 0.490 e. The number of halogens is 3. The zero-order valence-corrected chi connectivity index (χ0v) is 12.9. The van der Waals surface area contributed by atoms with Crippen LogP contribution in [0.1, 0.15) is 51.9 Å². The van der Waals surface area contributed by atoms with Gasteiger partial charge in [0.2, 0.25) is 5.91 Å². The van der Waals surface area contributed by atoms with Crippen LogP contribution in [-0.2, 0) is 14.3 Å². The molecule has 0 spiro atoms.